The van der Waals surface area contributed by atoms with Crippen LogP contribution in [0.4, 0.5) is 0 Å². The quantitative estimate of drug-likeness (QED) is 0.493. The van der Waals surface area contributed by atoms with Crippen LogP contribution in [0.25, 0.3) is 0 Å². The Morgan fingerprint density at radius 2 is 2.21 bits per heavy atom. The first-order valence-corrected chi connectivity index (χ1v) is 3.87. The fourth-order valence-corrected chi connectivity index (χ4v) is 0.833. The molecule has 1 aromatic rings. The fraction of sp³-hybridized carbons (Fsp3) is 0.286. The zero-order valence-corrected chi connectivity index (χ0v) is 7.16. The van der Waals surface area contributed by atoms with E-state index in [1.807, 2.05) is 0 Å². The average molecular weight is 199 g/mol. The number of H-pyrrole nitrogens is 2. The molecule has 14 heavy (non-hydrogen) atoms. The van der Waals surface area contributed by atoms with Gasteiger partial charge in [0.05, 0.1) is 6.42 Å². The number of rotatable bonds is 4. The molecule has 0 saturated carbocycles. The molecular weight excluding hydrogens is 190 g/mol. The molecule has 1 rings (SSSR count). The standard InChI is InChI=1S/C7H9N3O4/c11-5(12)1-2-8-6(13)4-3-9-7(14)10-4/h3H,1-2H2,(H,8,13)(H,11,12)(H2,9,10,14). The molecule has 0 unspecified atom stereocenters. The normalized spacial score (nSPS) is 9.71. The van der Waals surface area contributed by atoms with E-state index in [0.717, 1.165) is 0 Å². The van der Waals surface area contributed by atoms with Gasteiger partial charge in [-0.3, -0.25) is 9.59 Å². The van der Waals surface area contributed by atoms with Gasteiger partial charge in [0.1, 0.15) is 5.69 Å². The number of hydrogen-bond acceptors (Lipinski definition) is 3. The Labute approximate surface area is 78.1 Å². The van der Waals surface area contributed by atoms with Gasteiger partial charge in [0.15, 0.2) is 0 Å². The van der Waals surface area contributed by atoms with Crippen LogP contribution in [0.3, 0.4) is 0 Å². The molecule has 0 aliphatic heterocycles. The Morgan fingerprint density at radius 1 is 1.50 bits per heavy atom. The van der Waals surface area contributed by atoms with E-state index in [9.17, 15) is 14.4 Å². The molecule has 0 atom stereocenters. The van der Waals surface area contributed by atoms with Crippen LogP contribution in [0.15, 0.2) is 11.0 Å². The number of aromatic amines is 2. The molecule has 1 aromatic heterocycles. The van der Waals surface area contributed by atoms with Gasteiger partial charge in [-0.05, 0) is 0 Å². The van der Waals surface area contributed by atoms with Crippen molar-refractivity contribution in [2.24, 2.45) is 0 Å². The van der Waals surface area contributed by atoms with Crippen LogP contribution in [0.5, 0.6) is 0 Å². The second kappa shape index (κ2) is 4.26. The number of carboxylic acid groups (broad SMARTS) is 1. The van der Waals surface area contributed by atoms with Crippen molar-refractivity contribution < 1.29 is 14.7 Å². The van der Waals surface area contributed by atoms with Crippen molar-refractivity contribution in [1.82, 2.24) is 15.3 Å². The third-order valence-corrected chi connectivity index (χ3v) is 1.46. The van der Waals surface area contributed by atoms with Gasteiger partial charge in [-0.25, -0.2) is 4.79 Å². The Bertz CT molecular complexity index is 392. The van der Waals surface area contributed by atoms with E-state index in [4.69, 9.17) is 5.11 Å². The first kappa shape index (κ1) is 10.0. The van der Waals surface area contributed by atoms with E-state index in [0.29, 0.717) is 0 Å². The molecular formula is C7H9N3O4. The Kier molecular flexibility index (Phi) is 3.05. The van der Waals surface area contributed by atoms with E-state index in [-0.39, 0.29) is 18.7 Å². The number of carbonyl (C=O) groups is 2. The minimum Gasteiger partial charge on any atom is -0.481 e. The lowest BCUT2D eigenvalue weighted by atomic mass is 10.4. The lowest BCUT2D eigenvalue weighted by Gasteiger charge is -1.99. The molecule has 0 aromatic carbocycles. The summed E-state index contributed by atoms with van der Waals surface area (Å²) in [5.74, 6) is -1.50. The molecule has 0 aliphatic rings. The molecule has 7 nitrogen and oxygen atoms in total. The molecule has 4 N–H and O–H groups in total. The highest BCUT2D eigenvalue weighted by Crippen LogP contribution is 1.87. The monoisotopic (exact) mass is 199 g/mol. The van der Waals surface area contributed by atoms with Crippen molar-refractivity contribution >= 4 is 11.9 Å². The van der Waals surface area contributed by atoms with E-state index in [1.54, 1.807) is 0 Å². The second-order valence-corrected chi connectivity index (χ2v) is 2.56. The lowest BCUT2D eigenvalue weighted by Crippen LogP contribution is -2.26. The summed E-state index contributed by atoms with van der Waals surface area (Å²) in [7, 11) is 0. The summed E-state index contributed by atoms with van der Waals surface area (Å²) < 4.78 is 0. The average Bonchev–Trinajstić information content (AvgIpc) is 2.51. The Morgan fingerprint density at radius 3 is 2.71 bits per heavy atom. The van der Waals surface area contributed by atoms with Crippen LogP contribution >= 0.6 is 0 Å². The Balaban J connectivity index is 2.43. The lowest BCUT2D eigenvalue weighted by molar-refractivity contribution is -0.136. The van der Waals surface area contributed by atoms with E-state index in [1.165, 1.54) is 6.20 Å². The molecule has 7 heteroatoms. The molecule has 0 saturated heterocycles. The summed E-state index contributed by atoms with van der Waals surface area (Å²) >= 11 is 0. The highest BCUT2D eigenvalue weighted by Gasteiger charge is 2.07. The van der Waals surface area contributed by atoms with Gasteiger partial charge in [0.2, 0.25) is 0 Å². The van der Waals surface area contributed by atoms with Crippen molar-refractivity contribution in [1.29, 1.82) is 0 Å². The predicted molar refractivity (Wildman–Crippen MR) is 46.0 cm³/mol. The number of aliphatic carboxylic acids is 1. The summed E-state index contributed by atoms with van der Waals surface area (Å²) in [4.78, 5) is 36.3. The summed E-state index contributed by atoms with van der Waals surface area (Å²) in [6.07, 6.45) is 1.07. The maximum Gasteiger partial charge on any atom is 0.323 e. The molecule has 1 amide bonds. The summed E-state index contributed by atoms with van der Waals surface area (Å²) in [6.45, 7) is 0.0291. The van der Waals surface area contributed by atoms with Gasteiger partial charge in [0.25, 0.3) is 5.91 Å². The van der Waals surface area contributed by atoms with Crippen LogP contribution in [-0.2, 0) is 4.79 Å². The first-order valence-electron chi connectivity index (χ1n) is 3.87. The van der Waals surface area contributed by atoms with Crippen LogP contribution in [0.1, 0.15) is 16.9 Å². The van der Waals surface area contributed by atoms with Crippen LogP contribution in [-0.4, -0.2) is 33.5 Å². The maximum absolute atomic E-state index is 11.1. The summed E-state index contributed by atoms with van der Waals surface area (Å²) in [6, 6.07) is 0. The zero-order chi connectivity index (χ0) is 10.6. The van der Waals surface area contributed by atoms with Crippen molar-refractivity contribution in [3.05, 3.63) is 22.4 Å². The number of amides is 1. The zero-order valence-electron chi connectivity index (χ0n) is 7.16. The fourth-order valence-electron chi connectivity index (χ4n) is 0.833. The highest BCUT2D eigenvalue weighted by atomic mass is 16.4. The molecule has 0 fully saturated rings. The minimum atomic E-state index is -0.993. The summed E-state index contributed by atoms with van der Waals surface area (Å²) in [5, 5.41) is 10.6. The molecule has 0 aliphatic carbocycles. The smallest absolute Gasteiger partial charge is 0.323 e. The van der Waals surface area contributed by atoms with Gasteiger partial charge >= 0.3 is 11.7 Å². The highest BCUT2D eigenvalue weighted by molar-refractivity contribution is 5.92. The minimum absolute atomic E-state index is 0.0291. The van der Waals surface area contributed by atoms with Gasteiger partial charge in [0, 0.05) is 12.7 Å². The van der Waals surface area contributed by atoms with E-state index >= 15 is 0 Å². The van der Waals surface area contributed by atoms with Gasteiger partial charge in [-0.15, -0.1) is 0 Å². The van der Waals surface area contributed by atoms with Crippen molar-refractivity contribution in [2.75, 3.05) is 6.54 Å². The van der Waals surface area contributed by atoms with Gasteiger partial charge < -0.3 is 20.4 Å². The third-order valence-electron chi connectivity index (χ3n) is 1.46. The summed E-state index contributed by atoms with van der Waals surface area (Å²) in [5.41, 5.74) is -0.395. The SMILES string of the molecule is O=C(O)CCNC(=O)c1c[nH]c(=O)[nH]1. The number of carboxylic acids is 1. The number of nitrogens with one attached hydrogen (secondary N) is 3. The number of imidazole rings is 1. The van der Waals surface area contributed by atoms with Crippen molar-refractivity contribution in [3.63, 3.8) is 0 Å². The van der Waals surface area contributed by atoms with E-state index < -0.39 is 17.6 Å². The van der Waals surface area contributed by atoms with Crippen molar-refractivity contribution in [2.45, 2.75) is 6.42 Å². The van der Waals surface area contributed by atoms with Gasteiger partial charge in [-0.1, -0.05) is 0 Å². The molecule has 0 radical (unpaired) electrons. The topological polar surface area (TPSA) is 115 Å². The predicted octanol–water partition coefficient (Wildman–Crippen LogP) is -1.09. The largest absolute Gasteiger partial charge is 0.481 e. The first-order chi connectivity index (χ1) is 6.59. The number of carbonyl (C=O) groups excluding carboxylic acids is 1. The molecule has 1 heterocycles. The van der Waals surface area contributed by atoms with E-state index in [2.05, 4.69) is 15.3 Å². The number of hydrogen-bond donors (Lipinski definition) is 4. The van der Waals surface area contributed by atoms with Crippen molar-refractivity contribution in [3.8, 4) is 0 Å². The maximum atomic E-state index is 11.1. The molecule has 0 spiro atoms. The second-order valence-electron chi connectivity index (χ2n) is 2.56. The molecule has 0 bridgehead atoms. The third kappa shape index (κ3) is 2.77. The van der Waals surface area contributed by atoms with Gasteiger partial charge in [-0.2, -0.15) is 0 Å². The van der Waals surface area contributed by atoms with Crippen LogP contribution < -0.4 is 11.0 Å². The molecule has 76 valence electrons. The Hall–Kier alpha value is -2.05. The van der Waals surface area contributed by atoms with Crippen LogP contribution in [0, 0.1) is 0 Å². The van der Waals surface area contributed by atoms with Crippen LogP contribution in [0.2, 0.25) is 0 Å². The number of aromatic nitrogens is 2.